The molecule has 0 aliphatic rings. The fourth-order valence-electron chi connectivity index (χ4n) is 3.70. The van der Waals surface area contributed by atoms with E-state index in [4.69, 9.17) is 5.10 Å². The van der Waals surface area contributed by atoms with Crippen molar-refractivity contribution in [3.63, 3.8) is 0 Å². The number of H-pyrrole nitrogens is 1. The van der Waals surface area contributed by atoms with Crippen molar-refractivity contribution < 1.29 is 0 Å². The maximum absolute atomic E-state index is 13.1. The van der Waals surface area contributed by atoms with Gasteiger partial charge in [0, 0.05) is 12.6 Å². The average molecular weight is 383 g/mol. The number of aromatic nitrogens is 5. The Kier molecular flexibility index (Phi) is 3.70. The first-order chi connectivity index (χ1) is 14.1. The number of nitrogens with one attached hydrogen (secondary N) is 1. The smallest absolute Gasteiger partial charge is 0.291 e. The van der Waals surface area contributed by atoms with Gasteiger partial charge in [-0.1, -0.05) is 48.5 Å². The molecular formula is C22H17N5O2. The average Bonchev–Trinajstić information content (AvgIpc) is 3.08. The van der Waals surface area contributed by atoms with E-state index in [0.717, 1.165) is 32.5 Å². The highest BCUT2D eigenvalue weighted by Gasteiger charge is 2.22. The number of aromatic amines is 1. The molecule has 142 valence electrons. The molecule has 0 atom stereocenters. The van der Waals surface area contributed by atoms with Crippen LogP contribution in [-0.4, -0.2) is 24.3 Å². The standard InChI is InChI=1S/C22H17N5O2/c1-13-16-17(14-9-5-3-6-10-14)18-19(24-22(29)26(2)21(18)28)23-20(16)27(25-13)15-11-7-4-8-12-15/h3-12H,1-2H3,(H,23,24,29). The maximum Gasteiger partial charge on any atom is 0.329 e. The second-order valence-corrected chi connectivity index (χ2v) is 6.90. The summed E-state index contributed by atoms with van der Waals surface area (Å²) in [6.45, 7) is 1.90. The highest BCUT2D eigenvalue weighted by atomic mass is 16.2. The van der Waals surface area contributed by atoms with Crippen LogP contribution in [0.5, 0.6) is 0 Å². The molecule has 0 unspecified atom stereocenters. The van der Waals surface area contributed by atoms with E-state index in [2.05, 4.69) is 9.97 Å². The van der Waals surface area contributed by atoms with Crippen molar-refractivity contribution >= 4 is 22.1 Å². The van der Waals surface area contributed by atoms with Crippen molar-refractivity contribution in [3.8, 4) is 16.8 Å². The number of fused-ring (bicyclic) bond motifs is 2. The van der Waals surface area contributed by atoms with Crippen LogP contribution in [0.25, 0.3) is 38.9 Å². The van der Waals surface area contributed by atoms with Crippen LogP contribution < -0.4 is 11.2 Å². The zero-order valence-corrected chi connectivity index (χ0v) is 15.9. The quantitative estimate of drug-likeness (QED) is 0.508. The molecule has 0 aliphatic heterocycles. The third-order valence-electron chi connectivity index (χ3n) is 5.10. The van der Waals surface area contributed by atoms with Crippen LogP contribution in [0.2, 0.25) is 0 Å². The number of pyridine rings is 1. The number of para-hydroxylation sites is 1. The molecule has 2 aromatic carbocycles. The molecular weight excluding hydrogens is 366 g/mol. The fraction of sp³-hybridized carbons (Fsp3) is 0.0909. The molecule has 0 spiro atoms. The normalized spacial score (nSPS) is 11.4. The Labute approximate surface area is 164 Å². The van der Waals surface area contributed by atoms with Gasteiger partial charge in [-0.25, -0.2) is 14.5 Å². The minimum atomic E-state index is -0.504. The molecule has 5 rings (SSSR count). The minimum Gasteiger partial charge on any atom is -0.291 e. The van der Waals surface area contributed by atoms with E-state index in [1.54, 1.807) is 4.68 Å². The van der Waals surface area contributed by atoms with Crippen molar-refractivity contribution in [2.24, 2.45) is 7.05 Å². The van der Waals surface area contributed by atoms with Crippen LogP contribution in [0.3, 0.4) is 0 Å². The van der Waals surface area contributed by atoms with Crippen LogP contribution in [0.15, 0.2) is 70.3 Å². The van der Waals surface area contributed by atoms with Gasteiger partial charge in [0.2, 0.25) is 0 Å². The van der Waals surface area contributed by atoms with Crippen molar-refractivity contribution in [1.82, 2.24) is 24.3 Å². The topological polar surface area (TPSA) is 85.6 Å². The van der Waals surface area contributed by atoms with E-state index in [9.17, 15) is 9.59 Å². The molecule has 0 saturated carbocycles. The molecule has 3 heterocycles. The van der Waals surface area contributed by atoms with E-state index in [1.807, 2.05) is 67.6 Å². The molecule has 0 bridgehead atoms. The number of aryl methyl sites for hydroxylation is 1. The van der Waals surface area contributed by atoms with Crippen LogP contribution in [-0.2, 0) is 7.05 Å². The Morgan fingerprint density at radius 3 is 2.24 bits per heavy atom. The zero-order chi connectivity index (χ0) is 20.1. The Balaban J connectivity index is 2.05. The highest BCUT2D eigenvalue weighted by Crippen LogP contribution is 2.35. The predicted molar refractivity (Wildman–Crippen MR) is 112 cm³/mol. The van der Waals surface area contributed by atoms with E-state index < -0.39 is 5.69 Å². The summed E-state index contributed by atoms with van der Waals surface area (Å²) in [6.07, 6.45) is 0. The summed E-state index contributed by atoms with van der Waals surface area (Å²) < 4.78 is 2.81. The largest absolute Gasteiger partial charge is 0.329 e. The summed E-state index contributed by atoms with van der Waals surface area (Å²) in [4.78, 5) is 32.7. The molecule has 5 aromatic rings. The van der Waals surface area contributed by atoms with Crippen molar-refractivity contribution in [1.29, 1.82) is 0 Å². The number of rotatable bonds is 2. The van der Waals surface area contributed by atoms with Gasteiger partial charge in [-0.2, -0.15) is 5.10 Å². The van der Waals surface area contributed by atoms with Gasteiger partial charge in [0.15, 0.2) is 5.65 Å². The first-order valence-corrected chi connectivity index (χ1v) is 9.19. The van der Waals surface area contributed by atoms with Gasteiger partial charge in [-0.3, -0.25) is 14.3 Å². The van der Waals surface area contributed by atoms with E-state index in [0.29, 0.717) is 11.0 Å². The summed E-state index contributed by atoms with van der Waals surface area (Å²) in [5.41, 5.74) is 3.14. The van der Waals surface area contributed by atoms with E-state index in [1.165, 1.54) is 7.05 Å². The highest BCUT2D eigenvalue weighted by molar-refractivity contribution is 6.08. The second kappa shape index (κ2) is 6.27. The van der Waals surface area contributed by atoms with Crippen molar-refractivity contribution in [2.45, 2.75) is 6.92 Å². The monoisotopic (exact) mass is 383 g/mol. The minimum absolute atomic E-state index is 0.251. The summed E-state index contributed by atoms with van der Waals surface area (Å²) in [7, 11) is 1.46. The Hall–Kier alpha value is -4.00. The SMILES string of the molecule is Cc1nn(-c2ccccc2)c2nc3[nH]c(=O)n(C)c(=O)c3c(-c3ccccc3)c12. The molecule has 0 amide bonds. The maximum atomic E-state index is 13.1. The zero-order valence-electron chi connectivity index (χ0n) is 15.9. The van der Waals surface area contributed by atoms with Crippen molar-refractivity contribution in [2.75, 3.05) is 0 Å². The van der Waals surface area contributed by atoms with Gasteiger partial charge in [0.05, 0.1) is 22.2 Å². The lowest BCUT2D eigenvalue weighted by molar-refractivity contribution is 0.791. The van der Waals surface area contributed by atoms with Crippen LogP contribution in [0.4, 0.5) is 0 Å². The number of nitrogens with zero attached hydrogens (tertiary/aromatic N) is 4. The van der Waals surface area contributed by atoms with Crippen LogP contribution >= 0.6 is 0 Å². The third kappa shape index (κ3) is 2.51. The molecule has 7 heteroatoms. The first-order valence-electron chi connectivity index (χ1n) is 9.19. The Bertz CT molecular complexity index is 1500. The molecule has 0 fully saturated rings. The second-order valence-electron chi connectivity index (χ2n) is 6.90. The summed E-state index contributed by atoms with van der Waals surface area (Å²) in [5, 5.41) is 5.86. The van der Waals surface area contributed by atoms with Gasteiger partial charge in [0.25, 0.3) is 5.56 Å². The number of benzene rings is 2. The summed E-state index contributed by atoms with van der Waals surface area (Å²) >= 11 is 0. The number of hydrogen-bond acceptors (Lipinski definition) is 4. The Morgan fingerprint density at radius 2 is 1.55 bits per heavy atom. The lowest BCUT2D eigenvalue weighted by atomic mass is 9.99. The third-order valence-corrected chi connectivity index (χ3v) is 5.10. The van der Waals surface area contributed by atoms with Gasteiger partial charge >= 0.3 is 5.69 Å². The molecule has 1 N–H and O–H groups in total. The lowest BCUT2D eigenvalue weighted by Gasteiger charge is -2.10. The van der Waals surface area contributed by atoms with Crippen LogP contribution in [0, 0.1) is 6.92 Å². The molecule has 7 nitrogen and oxygen atoms in total. The van der Waals surface area contributed by atoms with E-state index >= 15 is 0 Å². The molecule has 0 saturated heterocycles. The molecule has 3 aromatic heterocycles. The molecule has 0 radical (unpaired) electrons. The Morgan fingerprint density at radius 1 is 0.897 bits per heavy atom. The summed E-state index contributed by atoms with van der Waals surface area (Å²) in [5.74, 6) is 0. The van der Waals surface area contributed by atoms with Crippen LogP contribution in [0.1, 0.15) is 5.69 Å². The summed E-state index contributed by atoms with van der Waals surface area (Å²) in [6, 6.07) is 19.3. The van der Waals surface area contributed by atoms with Gasteiger partial charge < -0.3 is 0 Å². The van der Waals surface area contributed by atoms with E-state index in [-0.39, 0.29) is 11.2 Å². The first kappa shape index (κ1) is 17.1. The number of hydrogen-bond donors (Lipinski definition) is 1. The molecule has 29 heavy (non-hydrogen) atoms. The fourth-order valence-corrected chi connectivity index (χ4v) is 3.70. The predicted octanol–water partition coefficient (Wildman–Crippen LogP) is 2.94. The van der Waals surface area contributed by atoms with Gasteiger partial charge in [-0.15, -0.1) is 0 Å². The van der Waals surface area contributed by atoms with Gasteiger partial charge in [0.1, 0.15) is 5.65 Å². The lowest BCUT2D eigenvalue weighted by Crippen LogP contribution is -2.33. The van der Waals surface area contributed by atoms with Crippen molar-refractivity contribution in [3.05, 3.63) is 87.2 Å². The van der Waals surface area contributed by atoms with Gasteiger partial charge in [-0.05, 0) is 24.6 Å². The molecule has 0 aliphatic carbocycles.